The number of hydrogen-bond donors (Lipinski definition) is 5. The van der Waals surface area contributed by atoms with Gasteiger partial charge in [-0.2, -0.15) is 0 Å². The molecule has 0 aromatic heterocycles. The molecule has 0 saturated carbocycles. The van der Waals surface area contributed by atoms with Crippen LogP contribution in [0.2, 0.25) is 0 Å². The molecule has 0 aliphatic carbocycles. The van der Waals surface area contributed by atoms with E-state index in [1.165, 1.54) is 0 Å². The summed E-state index contributed by atoms with van der Waals surface area (Å²) in [7, 11) is 3.21. The van der Waals surface area contributed by atoms with Crippen molar-refractivity contribution in [1.29, 1.82) is 0 Å². The first-order chi connectivity index (χ1) is 6.17. The minimum absolute atomic E-state index is 0.0950. The predicted molar refractivity (Wildman–Crippen MR) is 49.4 cm³/mol. The molecule has 0 rings (SSSR count). The lowest BCUT2D eigenvalue weighted by Gasteiger charge is -2.10. The SMILES string of the molecule is CN/C(N)=C(/NC)C(=O)NCCO. The fourth-order valence-corrected chi connectivity index (χ4v) is 0.753. The van der Waals surface area contributed by atoms with Crippen molar-refractivity contribution in [2.75, 3.05) is 27.2 Å². The van der Waals surface area contributed by atoms with Crippen molar-refractivity contribution in [2.45, 2.75) is 0 Å². The first kappa shape index (κ1) is 11.6. The largest absolute Gasteiger partial charge is 0.395 e. The standard InChI is InChI=1S/C7H16N4O2/c1-9-5(6(8)10-2)7(13)11-3-4-12/h9-10,12H,3-4,8H2,1-2H3,(H,11,13)/b6-5+. The van der Waals surface area contributed by atoms with Crippen molar-refractivity contribution < 1.29 is 9.90 Å². The van der Waals surface area contributed by atoms with E-state index in [-0.39, 0.29) is 30.6 Å². The second-order valence-electron chi connectivity index (χ2n) is 2.27. The van der Waals surface area contributed by atoms with Crippen molar-refractivity contribution in [1.82, 2.24) is 16.0 Å². The lowest BCUT2D eigenvalue weighted by Crippen LogP contribution is -2.36. The molecule has 6 N–H and O–H groups in total. The summed E-state index contributed by atoms with van der Waals surface area (Å²) < 4.78 is 0. The van der Waals surface area contributed by atoms with Gasteiger partial charge in [-0.25, -0.2) is 0 Å². The molecule has 0 saturated heterocycles. The van der Waals surface area contributed by atoms with Gasteiger partial charge in [0.25, 0.3) is 5.91 Å². The second-order valence-corrected chi connectivity index (χ2v) is 2.27. The Kier molecular flexibility index (Phi) is 5.45. The molecule has 0 aromatic rings. The van der Waals surface area contributed by atoms with E-state index in [2.05, 4.69) is 16.0 Å². The Morgan fingerprint density at radius 1 is 1.38 bits per heavy atom. The van der Waals surface area contributed by atoms with E-state index in [0.717, 1.165) is 0 Å². The minimum atomic E-state index is -0.344. The number of carbonyl (C=O) groups is 1. The molecule has 6 nitrogen and oxygen atoms in total. The van der Waals surface area contributed by atoms with Gasteiger partial charge in [0.1, 0.15) is 11.5 Å². The molecule has 0 atom stereocenters. The van der Waals surface area contributed by atoms with E-state index < -0.39 is 0 Å². The van der Waals surface area contributed by atoms with E-state index in [9.17, 15) is 4.79 Å². The molecule has 76 valence electrons. The topological polar surface area (TPSA) is 99.4 Å². The maximum Gasteiger partial charge on any atom is 0.271 e. The molecule has 0 aromatic carbocycles. The van der Waals surface area contributed by atoms with Crippen LogP contribution < -0.4 is 21.7 Å². The Morgan fingerprint density at radius 3 is 2.38 bits per heavy atom. The van der Waals surface area contributed by atoms with Gasteiger partial charge in [-0.05, 0) is 0 Å². The number of aliphatic hydroxyl groups excluding tert-OH is 1. The number of nitrogens with one attached hydrogen (secondary N) is 3. The zero-order chi connectivity index (χ0) is 10.3. The highest BCUT2D eigenvalue weighted by molar-refractivity contribution is 5.93. The number of hydrogen-bond acceptors (Lipinski definition) is 5. The Morgan fingerprint density at radius 2 is 2.00 bits per heavy atom. The van der Waals surface area contributed by atoms with Crippen LogP contribution in [0.5, 0.6) is 0 Å². The van der Waals surface area contributed by atoms with Crippen LogP contribution in [0.3, 0.4) is 0 Å². The maximum absolute atomic E-state index is 11.3. The van der Waals surface area contributed by atoms with Crippen molar-refractivity contribution in [3.63, 3.8) is 0 Å². The van der Waals surface area contributed by atoms with Gasteiger partial charge in [0.05, 0.1) is 6.61 Å². The second kappa shape index (κ2) is 6.13. The first-order valence-corrected chi connectivity index (χ1v) is 3.91. The molecule has 0 fully saturated rings. The van der Waals surface area contributed by atoms with E-state index >= 15 is 0 Å². The summed E-state index contributed by atoms with van der Waals surface area (Å²) in [6.07, 6.45) is 0. The highest BCUT2D eigenvalue weighted by Crippen LogP contribution is 1.89. The molecule has 0 aliphatic heterocycles. The van der Waals surface area contributed by atoms with Gasteiger partial charge in [0, 0.05) is 20.6 Å². The summed E-state index contributed by atoms with van der Waals surface area (Å²) in [5.74, 6) is -0.0821. The fraction of sp³-hybridized carbons (Fsp3) is 0.571. The highest BCUT2D eigenvalue weighted by atomic mass is 16.3. The van der Waals surface area contributed by atoms with Gasteiger partial charge < -0.3 is 26.8 Å². The van der Waals surface area contributed by atoms with Gasteiger partial charge in [0.2, 0.25) is 0 Å². The van der Waals surface area contributed by atoms with Crippen molar-refractivity contribution in [2.24, 2.45) is 5.73 Å². The van der Waals surface area contributed by atoms with Gasteiger partial charge >= 0.3 is 0 Å². The molecule has 0 heterocycles. The monoisotopic (exact) mass is 188 g/mol. The average Bonchev–Trinajstić information content (AvgIpc) is 2.15. The molecule has 0 spiro atoms. The molecule has 13 heavy (non-hydrogen) atoms. The Labute approximate surface area is 77.2 Å². The minimum Gasteiger partial charge on any atom is -0.395 e. The van der Waals surface area contributed by atoms with Crippen LogP contribution in [0.4, 0.5) is 0 Å². The molecule has 0 bridgehead atoms. The zero-order valence-corrected chi connectivity index (χ0v) is 7.85. The summed E-state index contributed by atoms with van der Waals surface area (Å²) in [5.41, 5.74) is 5.74. The number of carbonyl (C=O) groups excluding carboxylic acids is 1. The lowest BCUT2D eigenvalue weighted by atomic mass is 10.4. The lowest BCUT2D eigenvalue weighted by molar-refractivity contribution is -0.118. The van der Waals surface area contributed by atoms with Crippen LogP contribution in [0.15, 0.2) is 11.5 Å². The third-order valence-electron chi connectivity index (χ3n) is 1.41. The number of rotatable bonds is 5. The molecule has 0 unspecified atom stereocenters. The van der Waals surface area contributed by atoms with Gasteiger partial charge in [-0.1, -0.05) is 0 Å². The number of likely N-dealkylation sites (N-methyl/N-ethyl adjacent to an activating group) is 1. The average molecular weight is 188 g/mol. The van der Waals surface area contributed by atoms with Crippen LogP contribution >= 0.6 is 0 Å². The number of nitrogens with two attached hydrogens (primary N) is 1. The van der Waals surface area contributed by atoms with E-state index in [1.807, 2.05) is 0 Å². The van der Waals surface area contributed by atoms with Crippen LogP contribution in [0, 0.1) is 0 Å². The molecule has 1 amide bonds. The van der Waals surface area contributed by atoms with Gasteiger partial charge in [-0.3, -0.25) is 4.79 Å². The van der Waals surface area contributed by atoms with E-state index in [0.29, 0.717) is 0 Å². The van der Waals surface area contributed by atoms with Crippen LogP contribution in [-0.4, -0.2) is 38.3 Å². The third-order valence-corrected chi connectivity index (χ3v) is 1.41. The third kappa shape index (κ3) is 3.66. The number of aliphatic hydroxyl groups is 1. The van der Waals surface area contributed by atoms with Crippen LogP contribution in [-0.2, 0) is 4.79 Å². The normalized spacial score (nSPS) is 11.6. The summed E-state index contributed by atoms with van der Waals surface area (Å²) in [6, 6.07) is 0. The summed E-state index contributed by atoms with van der Waals surface area (Å²) >= 11 is 0. The fourth-order valence-electron chi connectivity index (χ4n) is 0.753. The first-order valence-electron chi connectivity index (χ1n) is 3.91. The summed E-state index contributed by atoms with van der Waals surface area (Å²) in [6.45, 7) is 0.114. The van der Waals surface area contributed by atoms with E-state index in [4.69, 9.17) is 10.8 Å². The van der Waals surface area contributed by atoms with Crippen molar-refractivity contribution in [3.8, 4) is 0 Å². The molecular weight excluding hydrogens is 172 g/mol. The van der Waals surface area contributed by atoms with Gasteiger partial charge in [0.15, 0.2) is 0 Å². The molecule has 0 aliphatic rings. The van der Waals surface area contributed by atoms with Gasteiger partial charge in [-0.15, -0.1) is 0 Å². The smallest absolute Gasteiger partial charge is 0.271 e. The highest BCUT2D eigenvalue weighted by Gasteiger charge is 2.09. The van der Waals surface area contributed by atoms with Crippen LogP contribution in [0.1, 0.15) is 0 Å². The van der Waals surface area contributed by atoms with Crippen molar-refractivity contribution >= 4 is 5.91 Å². The number of amides is 1. The quantitative estimate of drug-likeness (QED) is 0.311. The summed E-state index contributed by atoms with van der Waals surface area (Å²) in [4.78, 5) is 11.3. The maximum atomic E-state index is 11.3. The molecule has 6 heteroatoms. The Balaban J connectivity index is 4.32. The summed E-state index contributed by atoms with van der Waals surface area (Å²) in [5, 5.41) is 16.2. The Hall–Kier alpha value is -1.43. The predicted octanol–water partition coefficient (Wildman–Crippen LogP) is -2.34. The van der Waals surface area contributed by atoms with Crippen LogP contribution in [0.25, 0.3) is 0 Å². The zero-order valence-electron chi connectivity index (χ0n) is 7.85. The van der Waals surface area contributed by atoms with E-state index in [1.54, 1.807) is 14.1 Å². The van der Waals surface area contributed by atoms with Crippen molar-refractivity contribution in [3.05, 3.63) is 11.5 Å². The Bertz CT molecular complexity index is 203. The molecular formula is C7H16N4O2. The molecule has 0 radical (unpaired) electrons.